The lowest BCUT2D eigenvalue weighted by Crippen LogP contribution is -2.04. The molecular weight excluding hydrogens is 286 g/mol. The molecule has 3 aromatic rings. The Morgan fingerprint density at radius 2 is 2.00 bits per heavy atom. The number of para-hydroxylation sites is 1. The lowest BCUT2D eigenvalue weighted by molar-refractivity contribution is 0.103. The van der Waals surface area contributed by atoms with Crippen molar-refractivity contribution in [3.8, 4) is 0 Å². The van der Waals surface area contributed by atoms with Crippen molar-refractivity contribution in [3.05, 3.63) is 64.4 Å². The second-order valence-electron chi connectivity index (χ2n) is 4.82. The van der Waals surface area contributed by atoms with Crippen LogP contribution in [0.2, 0.25) is 5.02 Å². The lowest BCUT2D eigenvalue weighted by Gasteiger charge is -2.04. The molecule has 0 saturated heterocycles. The largest absolute Gasteiger partial charge is 0.460 e. The van der Waals surface area contributed by atoms with Gasteiger partial charge in [-0.15, -0.1) is 0 Å². The van der Waals surface area contributed by atoms with E-state index in [4.69, 9.17) is 21.8 Å². The van der Waals surface area contributed by atoms with Crippen molar-refractivity contribution in [1.29, 1.82) is 0 Å². The van der Waals surface area contributed by atoms with Gasteiger partial charge < -0.3 is 10.2 Å². The first kappa shape index (κ1) is 13.7. The number of carbonyl (C=O) groups excluding carboxylic acids is 1. The van der Waals surface area contributed by atoms with Gasteiger partial charge in [0.05, 0.1) is 16.3 Å². The van der Waals surface area contributed by atoms with Crippen molar-refractivity contribution < 1.29 is 9.21 Å². The van der Waals surface area contributed by atoms with E-state index >= 15 is 0 Å². The van der Waals surface area contributed by atoms with Crippen molar-refractivity contribution >= 4 is 34.0 Å². The fraction of sp³-hybridized carbons (Fsp3) is 0.118. The van der Waals surface area contributed by atoms with E-state index in [9.17, 15) is 4.79 Å². The molecule has 0 saturated carbocycles. The molecule has 4 heteroatoms. The Hall–Kier alpha value is -2.26. The van der Waals surface area contributed by atoms with E-state index in [1.165, 1.54) is 0 Å². The average Bonchev–Trinajstić information content (AvgIpc) is 2.87. The van der Waals surface area contributed by atoms with E-state index < -0.39 is 0 Å². The van der Waals surface area contributed by atoms with Gasteiger partial charge in [0.15, 0.2) is 5.78 Å². The van der Waals surface area contributed by atoms with Gasteiger partial charge in [-0.25, -0.2) is 0 Å². The predicted octanol–water partition coefficient (Wildman–Crippen LogP) is 4.46. The van der Waals surface area contributed by atoms with E-state index in [0.717, 1.165) is 11.0 Å². The molecule has 0 fully saturated rings. The number of carbonyl (C=O) groups is 1. The van der Waals surface area contributed by atoms with Crippen LogP contribution in [0.1, 0.15) is 28.6 Å². The van der Waals surface area contributed by atoms with Gasteiger partial charge in [0.25, 0.3) is 0 Å². The Labute approximate surface area is 127 Å². The summed E-state index contributed by atoms with van der Waals surface area (Å²) in [5.41, 5.74) is 7.99. The molecule has 1 heterocycles. The third-order valence-electron chi connectivity index (χ3n) is 3.48. The summed E-state index contributed by atoms with van der Waals surface area (Å²) in [5, 5.41) is 1.21. The summed E-state index contributed by atoms with van der Waals surface area (Å²) in [6.07, 6.45) is 0.651. The van der Waals surface area contributed by atoms with Gasteiger partial charge in [0.2, 0.25) is 0 Å². The molecule has 0 spiro atoms. The molecule has 0 amide bonds. The maximum Gasteiger partial charge on any atom is 0.197 e. The van der Waals surface area contributed by atoms with Gasteiger partial charge in [-0.2, -0.15) is 0 Å². The van der Waals surface area contributed by atoms with Crippen molar-refractivity contribution in [2.45, 2.75) is 13.3 Å². The summed E-state index contributed by atoms with van der Waals surface area (Å²) in [6.45, 7) is 1.96. The molecule has 0 aliphatic rings. The molecule has 0 aliphatic carbocycles. The molecule has 2 N–H and O–H groups in total. The van der Waals surface area contributed by atoms with Crippen LogP contribution in [0.5, 0.6) is 0 Å². The number of benzene rings is 2. The van der Waals surface area contributed by atoms with Crippen LogP contribution in [0.25, 0.3) is 11.0 Å². The van der Waals surface area contributed by atoms with Crippen LogP contribution in [0.4, 0.5) is 5.69 Å². The smallest absolute Gasteiger partial charge is 0.197 e. The van der Waals surface area contributed by atoms with E-state index in [-0.39, 0.29) is 5.78 Å². The third-order valence-corrected chi connectivity index (χ3v) is 3.81. The molecule has 3 rings (SSSR count). The number of halogens is 1. The van der Waals surface area contributed by atoms with Crippen molar-refractivity contribution in [2.24, 2.45) is 0 Å². The van der Waals surface area contributed by atoms with Gasteiger partial charge >= 0.3 is 0 Å². The molecule has 1 aromatic heterocycles. The van der Waals surface area contributed by atoms with Gasteiger partial charge in [-0.1, -0.05) is 36.7 Å². The number of anilines is 1. The summed E-state index contributed by atoms with van der Waals surface area (Å²) in [6, 6.07) is 12.5. The van der Waals surface area contributed by atoms with Gasteiger partial charge in [-0.05, 0) is 24.3 Å². The highest BCUT2D eigenvalue weighted by atomic mass is 35.5. The minimum absolute atomic E-state index is 0.0984. The molecule has 0 radical (unpaired) electrons. The Morgan fingerprint density at radius 1 is 1.24 bits per heavy atom. The van der Waals surface area contributed by atoms with Crippen LogP contribution in [-0.2, 0) is 6.42 Å². The van der Waals surface area contributed by atoms with E-state index in [1.807, 2.05) is 31.2 Å². The normalized spacial score (nSPS) is 11.0. The number of hydrogen-bond donors (Lipinski definition) is 1. The fourth-order valence-corrected chi connectivity index (χ4v) is 2.59. The molecule has 0 unspecified atom stereocenters. The SMILES string of the molecule is CCc1oc2ccccc2c1C(=O)c1ccc(N)c(Cl)c1. The van der Waals surface area contributed by atoms with Crippen molar-refractivity contribution in [1.82, 2.24) is 0 Å². The van der Waals surface area contributed by atoms with Gasteiger partial charge in [-0.3, -0.25) is 4.79 Å². The number of fused-ring (bicyclic) bond motifs is 1. The predicted molar refractivity (Wildman–Crippen MR) is 84.9 cm³/mol. The zero-order valence-corrected chi connectivity index (χ0v) is 12.3. The number of rotatable bonds is 3. The highest BCUT2D eigenvalue weighted by Gasteiger charge is 2.21. The highest BCUT2D eigenvalue weighted by molar-refractivity contribution is 6.33. The second-order valence-corrected chi connectivity index (χ2v) is 5.22. The summed E-state index contributed by atoms with van der Waals surface area (Å²) < 4.78 is 5.77. The Balaban J connectivity index is 2.18. The molecule has 0 atom stereocenters. The van der Waals surface area contributed by atoms with Crippen LogP contribution >= 0.6 is 11.6 Å². The van der Waals surface area contributed by atoms with Gasteiger partial charge in [0.1, 0.15) is 11.3 Å². The zero-order chi connectivity index (χ0) is 15.0. The Kier molecular flexibility index (Phi) is 3.43. The first-order valence-corrected chi connectivity index (χ1v) is 7.09. The molecule has 2 aromatic carbocycles. The Bertz CT molecular complexity index is 836. The zero-order valence-electron chi connectivity index (χ0n) is 11.5. The van der Waals surface area contributed by atoms with Gasteiger partial charge in [0, 0.05) is 17.4 Å². The highest BCUT2D eigenvalue weighted by Crippen LogP contribution is 2.30. The number of nitrogen functional groups attached to an aromatic ring is 1. The van der Waals surface area contributed by atoms with Crippen LogP contribution < -0.4 is 5.73 Å². The monoisotopic (exact) mass is 299 g/mol. The van der Waals surface area contributed by atoms with Crippen molar-refractivity contribution in [3.63, 3.8) is 0 Å². The molecule has 0 bridgehead atoms. The molecular formula is C17H14ClNO2. The van der Waals surface area contributed by atoms with Crippen LogP contribution in [-0.4, -0.2) is 5.78 Å². The standard InChI is InChI=1S/C17H14ClNO2/c1-2-14-16(11-5-3-4-6-15(11)21-14)17(20)10-7-8-13(19)12(18)9-10/h3-9H,2,19H2,1H3. The molecule has 106 valence electrons. The molecule has 0 aliphatic heterocycles. The summed E-state index contributed by atoms with van der Waals surface area (Å²) in [7, 11) is 0. The molecule has 3 nitrogen and oxygen atoms in total. The molecule has 21 heavy (non-hydrogen) atoms. The lowest BCUT2D eigenvalue weighted by atomic mass is 9.99. The van der Waals surface area contributed by atoms with Crippen LogP contribution in [0.15, 0.2) is 46.9 Å². The number of hydrogen-bond acceptors (Lipinski definition) is 3. The fourth-order valence-electron chi connectivity index (χ4n) is 2.41. The number of ketones is 1. The van der Waals surface area contributed by atoms with E-state index in [0.29, 0.717) is 34.0 Å². The summed E-state index contributed by atoms with van der Waals surface area (Å²) in [5.74, 6) is 0.591. The third kappa shape index (κ3) is 2.30. The maximum atomic E-state index is 12.8. The van der Waals surface area contributed by atoms with Crippen LogP contribution in [0, 0.1) is 0 Å². The average molecular weight is 300 g/mol. The Morgan fingerprint density at radius 3 is 2.71 bits per heavy atom. The van der Waals surface area contributed by atoms with Crippen molar-refractivity contribution in [2.75, 3.05) is 5.73 Å². The number of nitrogens with two attached hydrogens (primary N) is 1. The first-order chi connectivity index (χ1) is 10.1. The number of furan rings is 1. The van der Waals surface area contributed by atoms with Crippen LogP contribution in [0.3, 0.4) is 0 Å². The summed E-state index contributed by atoms with van der Waals surface area (Å²) >= 11 is 6.01. The van der Waals surface area contributed by atoms with E-state index in [1.54, 1.807) is 18.2 Å². The minimum Gasteiger partial charge on any atom is -0.460 e. The topological polar surface area (TPSA) is 56.2 Å². The quantitative estimate of drug-likeness (QED) is 0.574. The maximum absolute atomic E-state index is 12.8. The minimum atomic E-state index is -0.0984. The van der Waals surface area contributed by atoms with E-state index in [2.05, 4.69) is 0 Å². The number of aryl methyl sites for hydroxylation is 1. The summed E-state index contributed by atoms with van der Waals surface area (Å²) in [4.78, 5) is 12.8. The first-order valence-electron chi connectivity index (χ1n) is 6.72. The second kappa shape index (κ2) is 5.26.